The Morgan fingerprint density at radius 3 is 2.55 bits per heavy atom. The Hall–Kier alpha value is -0.330. The van der Waals surface area contributed by atoms with Crippen LogP contribution in [-0.4, -0.2) is 28.7 Å². The number of halogens is 2. The van der Waals surface area contributed by atoms with Crippen LogP contribution in [0.5, 0.6) is 0 Å². The van der Waals surface area contributed by atoms with E-state index in [9.17, 15) is 8.42 Å². The van der Waals surface area contributed by atoms with Gasteiger partial charge in [0, 0.05) is 24.1 Å². The van der Waals surface area contributed by atoms with Crippen molar-refractivity contribution in [3.05, 3.63) is 28.2 Å². The Labute approximate surface area is 129 Å². The van der Waals surface area contributed by atoms with E-state index in [4.69, 9.17) is 27.9 Å². The molecular formula is C13H17Cl2NO3S. The lowest BCUT2D eigenvalue weighted by Crippen LogP contribution is -2.45. The number of hydrogen-bond acceptors (Lipinski definition) is 3. The van der Waals surface area contributed by atoms with Gasteiger partial charge < -0.3 is 4.74 Å². The third kappa shape index (κ3) is 3.46. The molecular weight excluding hydrogens is 321 g/mol. The molecule has 1 N–H and O–H groups in total. The van der Waals surface area contributed by atoms with E-state index in [1.807, 2.05) is 0 Å². The van der Waals surface area contributed by atoms with Crippen molar-refractivity contribution >= 4 is 33.2 Å². The summed E-state index contributed by atoms with van der Waals surface area (Å²) in [7, 11) is -2.00. The number of methoxy groups -OCH3 is 1. The molecule has 0 saturated heterocycles. The van der Waals surface area contributed by atoms with E-state index in [-0.39, 0.29) is 15.3 Å². The molecule has 0 amide bonds. The largest absolute Gasteiger partial charge is 0.384 e. The zero-order valence-electron chi connectivity index (χ0n) is 11.2. The van der Waals surface area contributed by atoms with Gasteiger partial charge in [-0.1, -0.05) is 29.6 Å². The van der Waals surface area contributed by atoms with Crippen molar-refractivity contribution in [2.75, 3.05) is 20.3 Å². The summed E-state index contributed by atoms with van der Waals surface area (Å²) in [5, 5.41) is 0.531. The van der Waals surface area contributed by atoms with Crippen LogP contribution in [0.1, 0.15) is 19.3 Å². The van der Waals surface area contributed by atoms with Crippen molar-refractivity contribution in [3.63, 3.8) is 0 Å². The average Bonchev–Trinajstić information content (AvgIpc) is 2.32. The molecule has 0 aliphatic heterocycles. The number of hydrogen-bond donors (Lipinski definition) is 1. The summed E-state index contributed by atoms with van der Waals surface area (Å²) in [6, 6.07) is 4.35. The molecule has 1 saturated carbocycles. The maximum absolute atomic E-state index is 12.3. The third-order valence-electron chi connectivity index (χ3n) is 3.69. The van der Waals surface area contributed by atoms with Gasteiger partial charge in [0.1, 0.15) is 4.90 Å². The van der Waals surface area contributed by atoms with Crippen LogP contribution in [0.3, 0.4) is 0 Å². The molecule has 1 aliphatic rings. The first-order chi connectivity index (χ1) is 9.38. The Morgan fingerprint density at radius 2 is 2.05 bits per heavy atom. The number of rotatable bonds is 6. The van der Waals surface area contributed by atoms with E-state index in [1.165, 1.54) is 18.2 Å². The summed E-state index contributed by atoms with van der Waals surface area (Å²) < 4.78 is 32.4. The highest BCUT2D eigenvalue weighted by molar-refractivity contribution is 7.89. The molecule has 0 unspecified atom stereocenters. The van der Waals surface area contributed by atoms with Crippen LogP contribution in [0.4, 0.5) is 0 Å². The molecule has 0 radical (unpaired) electrons. The van der Waals surface area contributed by atoms with E-state index < -0.39 is 10.0 Å². The molecule has 4 nitrogen and oxygen atoms in total. The van der Waals surface area contributed by atoms with Gasteiger partial charge in [-0.25, -0.2) is 13.1 Å². The van der Waals surface area contributed by atoms with Gasteiger partial charge in [-0.05, 0) is 31.0 Å². The second kappa shape index (κ2) is 6.20. The van der Waals surface area contributed by atoms with Crippen molar-refractivity contribution < 1.29 is 13.2 Å². The Morgan fingerprint density at radius 1 is 1.35 bits per heavy atom. The van der Waals surface area contributed by atoms with E-state index in [2.05, 4.69) is 4.72 Å². The van der Waals surface area contributed by atoms with Gasteiger partial charge >= 0.3 is 0 Å². The minimum absolute atomic E-state index is 0.0513. The summed E-state index contributed by atoms with van der Waals surface area (Å²) in [4.78, 5) is 0.0513. The minimum atomic E-state index is -3.63. The van der Waals surface area contributed by atoms with E-state index in [0.717, 1.165) is 19.3 Å². The lowest BCUT2D eigenvalue weighted by molar-refractivity contribution is 0.0220. The standard InChI is InChI=1S/C13H17Cl2NO3S/c1-19-9-13(5-2-6-13)8-16-20(17,18)12-4-3-10(14)7-11(12)15/h3-4,7,16H,2,5-6,8-9H2,1H3. The number of benzene rings is 1. The van der Waals surface area contributed by atoms with Gasteiger partial charge in [0.25, 0.3) is 0 Å². The molecule has 1 aromatic carbocycles. The van der Waals surface area contributed by atoms with Crippen molar-refractivity contribution in [2.24, 2.45) is 5.41 Å². The van der Waals surface area contributed by atoms with Crippen LogP contribution in [0.15, 0.2) is 23.1 Å². The van der Waals surface area contributed by atoms with Gasteiger partial charge in [-0.15, -0.1) is 0 Å². The first-order valence-corrected chi connectivity index (χ1v) is 8.56. The van der Waals surface area contributed by atoms with Crippen LogP contribution in [0.25, 0.3) is 0 Å². The number of nitrogens with one attached hydrogen (secondary N) is 1. The second-order valence-electron chi connectivity index (χ2n) is 5.19. The topological polar surface area (TPSA) is 55.4 Å². The fourth-order valence-electron chi connectivity index (χ4n) is 2.37. The predicted octanol–water partition coefficient (Wildman–Crippen LogP) is 3.09. The smallest absolute Gasteiger partial charge is 0.242 e. The van der Waals surface area contributed by atoms with Crippen LogP contribution in [0.2, 0.25) is 10.0 Å². The first kappa shape index (κ1) is 16.0. The molecule has 0 atom stereocenters. The molecule has 20 heavy (non-hydrogen) atoms. The predicted molar refractivity (Wildman–Crippen MR) is 79.8 cm³/mol. The molecule has 112 valence electrons. The zero-order chi connectivity index (χ0) is 14.8. The Bertz CT molecular complexity index is 585. The molecule has 0 heterocycles. The molecule has 0 spiro atoms. The SMILES string of the molecule is COCC1(CNS(=O)(=O)c2ccc(Cl)cc2Cl)CCC1. The summed E-state index contributed by atoms with van der Waals surface area (Å²) in [6.07, 6.45) is 3.04. The molecule has 2 rings (SSSR count). The van der Waals surface area contributed by atoms with Gasteiger partial charge in [0.05, 0.1) is 11.6 Å². The van der Waals surface area contributed by atoms with Crippen molar-refractivity contribution in [2.45, 2.75) is 24.2 Å². The number of ether oxygens (including phenoxy) is 1. The molecule has 1 aromatic rings. The molecule has 0 bridgehead atoms. The highest BCUT2D eigenvalue weighted by Crippen LogP contribution is 2.40. The average molecular weight is 338 g/mol. The van der Waals surface area contributed by atoms with Crippen LogP contribution >= 0.6 is 23.2 Å². The summed E-state index contributed by atoms with van der Waals surface area (Å²) >= 11 is 11.7. The summed E-state index contributed by atoms with van der Waals surface area (Å²) in [5.74, 6) is 0. The minimum Gasteiger partial charge on any atom is -0.384 e. The lowest BCUT2D eigenvalue weighted by Gasteiger charge is -2.41. The van der Waals surface area contributed by atoms with Gasteiger partial charge in [-0.2, -0.15) is 0 Å². The highest BCUT2D eigenvalue weighted by atomic mass is 35.5. The van der Waals surface area contributed by atoms with Gasteiger partial charge in [-0.3, -0.25) is 0 Å². The van der Waals surface area contributed by atoms with Crippen LogP contribution in [-0.2, 0) is 14.8 Å². The normalized spacial score (nSPS) is 17.8. The first-order valence-electron chi connectivity index (χ1n) is 6.32. The lowest BCUT2D eigenvalue weighted by atomic mass is 9.69. The van der Waals surface area contributed by atoms with E-state index in [1.54, 1.807) is 7.11 Å². The maximum Gasteiger partial charge on any atom is 0.242 e. The van der Waals surface area contributed by atoms with Crippen molar-refractivity contribution in [1.82, 2.24) is 4.72 Å². The Kier molecular flexibility index (Phi) is 4.97. The molecule has 7 heteroatoms. The summed E-state index contributed by atoms with van der Waals surface area (Å²) in [6.45, 7) is 0.923. The van der Waals surface area contributed by atoms with Gasteiger partial charge in [0.15, 0.2) is 0 Å². The quantitative estimate of drug-likeness (QED) is 0.867. The monoisotopic (exact) mass is 337 g/mol. The van der Waals surface area contributed by atoms with Crippen LogP contribution < -0.4 is 4.72 Å². The summed E-state index contributed by atoms with van der Waals surface area (Å²) in [5.41, 5.74) is -0.0826. The maximum atomic E-state index is 12.3. The third-order valence-corrected chi connectivity index (χ3v) is 5.80. The van der Waals surface area contributed by atoms with E-state index in [0.29, 0.717) is 18.2 Å². The molecule has 1 aliphatic carbocycles. The van der Waals surface area contributed by atoms with Crippen molar-refractivity contribution in [1.29, 1.82) is 0 Å². The van der Waals surface area contributed by atoms with Gasteiger partial charge in [0.2, 0.25) is 10.0 Å². The van der Waals surface area contributed by atoms with Crippen molar-refractivity contribution in [3.8, 4) is 0 Å². The highest BCUT2D eigenvalue weighted by Gasteiger charge is 2.38. The second-order valence-corrected chi connectivity index (χ2v) is 7.76. The number of sulfonamides is 1. The molecule has 1 fully saturated rings. The molecule has 0 aromatic heterocycles. The van der Waals surface area contributed by atoms with Crippen LogP contribution in [0, 0.1) is 5.41 Å². The van der Waals surface area contributed by atoms with E-state index >= 15 is 0 Å². The fraction of sp³-hybridized carbons (Fsp3) is 0.538. The Balaban J connectivity index is 2.11. The fourth-order valence-corrected chi connectivity index (χ4v) is 4.30. The zero-order valence-corrected chi connectivity index (χ0v) is 13.5.